The topological polar surface area (TPSA) is 69.2 Å². The largest absolute Gasteiger partial charge is 1.00 e. The van der Waals surface area contributed by atoms with E-state index in [1.165, 1.54) is 13.0 Å². The standard InChI is InChI=1S/C8H8FNO3S.Na/c1-5(11)10-6-2-3-8(14(12)13)7(9)4-6;/h2-4H,1H3,(H,10,11)(H,12,13);/q;+1/p-1. The van der Waals surface area contributed by atoms with Crippen molar-refractivity contribution in [2.45, 2.75) is 11.8 Å². The van der Waals surface area contributed by atoms with Gasteiger partial charge in [0.25, 0.3) is 0 Å². The smallest absolute Gasteiger partial charge is 0.768 e. The van der Waals surface area contributed by atoms with Crippen LogP contribution in [0.4, 0.5) is 10.1 Å². The molecule has 4 nitrogen and oxygen atoms in total. The van der Waals surface area contributed by atoms with Crippen LogP contribution in [-0.4, -0.2) is 14.7 Å². The second-order valence-corrected chi connectivity index (χ2v) is 3.47. The molecular weight excluding hydrogens is 232 g/mol. The number of hydrogen-bond acceptors (Lipinski definition) is 3. The summed E-state index contributed by atoms with van der Waals surface area (Å²) in [7, 11) is 0. The quantitative estimate of drug-likeness (QED) is 0.480. The van der Waals surface area contributed by atoms with Gasteiger partial charge in [0.05, 0.1) is 4.90 Å². The first-order valence-corrected chi connectivity index (χ1v) is 4.74. The summed E-state index contributed by atoms with van der Waals surface area (Å²) in [5.74, 6) is -1.23. The van der Waals surface area contributed by atoms with Crippen LogP contribution in [0.3, 0.4) is 0 Å². The molecule has 0 saturated carbocycles. The van der Waals surface area contributed by atoms with Gasteiger partial charge >= 0.3 is 29.6 Å². The van der Waals surface area contributed by atoms with Crippen molar-refractivity contribution in [2.24, 2.45) is 0 Å². The van der Waals surface area contributed by atoms with E-state index in [0.717, 1.165) is 12.1 Å². The molecule has 1 unspecified atom stereocenters. The molecule has 0 radical (unpaired) electrons. The number of carbonyl (C=O) groups is 1. The Morgan fingerprint density at radius 3 is 2.53 bits per heavy atom. The Bertz CT molecular complexity index is 399. The number of hydrogen-bond donors (Lipinski definition) is 1. The minimum Gasteiger partial charge on any atom is -0.768 e. The van der Waals surface area contributed by atoms with Crippen molar-refractivity contribution in [1.29, 1.82) is 0 Å². The summed E-state index contributed by atoms with van der Waals surface area (Å²) in [5, 5.41) is 2.33. The summed E-state index contributed by atoms with van der Waals surface area (Å²) in [4.78, 5) is 10.2. The van der Waals surface area contributed by atoms with Crippen LogP contribution >= 0.6 is 0 Å². The van der Waals surface area contributed by atoms with Crippen LogP contribution in [0, 0.1) is 5.82 Å². The van der Waals surface area contributed by atoms with E-state index >= 15 is 0 Å². The Labute approximate surface area is 111 Å². The van der Waals surface area contributed by atoms with Gasteiger partial charge in [-0.3, -0.25) is 9.00 Å². The molecule has 1 rings (SSSR count). The molecule has 7 heteroatoms. The minimum absolute atomic E-state index is 0. The van der Waals surface area contributed by atoms with Crippen LogP contribution < -0.4 is 34.9 Å². The van der Waals surface area contributed by atoms with Crippen molar-refractivity contribution >= 4 is 22.7 Å². The number of anilines is 1. The third-order valence-electron chi connectivity index (χ3n) is 1.43. The Hall–Kier alpha value is -0.270. The molecule has 0 saturated heterocycles. The zero-order valence-corrected chi connectivity index (χ0v) is 11.1. The molecule has 1 aromatic carbocycles. The Kier molecular flexibility index (Phi) is 6.23. The second-order valence-electron chi connectivity index (χ2n) is 2.56. The van der Waals surface area contributed by atoms with Crippen molar-refractivity contribution in [3.8, 4) is 0 Å². The SMILES string of the molecule is CC(=O)Nc1ccc(S(=O)[O-])c(F)c1.[Na+]. The fourth-order valence-corrected chi connectivity index (χ4v) is 1.31. The van der Waals surface area contributed by atoms with Crippen LogP contribution in [0.5, 0.6) is 0 Å². The molecule has 0 spiro atoms. The first kappa shape index (κ1) is 14.7. The molecule has 0 bridgehead atoms. The monoisotopic (exact) mass is 239 g/mol. The fourth-order valence-electron chi connectivity index (χ4n) is 0.917. The van der Waals surface area contributed by atoms with Gasteiger partial charge in [0, 0.05) is 12.6 Å². The average Bonchev–Trinajstić information content (AvgIpc) is 2.01. The minimum atomic E-state index is -2.60. The third-order valence-corrected chi connectivity index (χ3v) is 2.12. The Balaban J connectivity index is 0.00000196. The summed E-state index contributed by atoms with van der Waals surface area (Å²) in [6.45, 7) is 1.28. The van der Waals surface area contributed by atoms with Crippen molar-refractivity contribution in [3.63, 3.8) is 0 Å². The van der Waals surface area contributed by atoms with Gasteiger partial charge in [-0.1, -0.05) is 0 Å². The number of rotatable bonds is 2. The number of amides is 1. The van der Waals surface area contributed by atoms with Gasteiger partial charge in [-0.2, -0.15) is 0 Å². The second kappa shape index (κ2) is 6.34. The van der Waals surface area contributed by atoms with Crippen molar-refractivity contribution < 1.29 is 47.5 Å². The first-order valence-electron chi connectivity index (χ1n) is 3.67. The maximum absolute atomic E-state index is 13.0. The van der Waals surface area contributed by atoms with Crippen molar-refractivity contribution in [2.75, 3.05) is 5.32 Å². The van der Waals surface area contributed by atoms with Gasteiger partial charge in [-0.15, -0.1) is 0 Å². The number of carbonyl (C=O) groups excluding carboxylic acids is 1. The van der Waals surface area contributed by atoms with Gasteiger partial charge in [0.2, 0.25) is 5.91 Å². The molecule has 0 aromatic heterocycles. The first-order chi connectivity index (χ1) is 6.50. The molecule has 1 amide bonds. The van der Waals surface area contributed by atoms with E-state index < -0.39 is 21.8 Å². The van der Waals surface area contributed by atoms with Gasteiger partial charge in [-0.25, -0.2) is 4.39 Å². The molecule has 1 aromatic rings. The molecular formula is C8H7FNNaO3S. The van der Waals surface area contributed by atoms with E-state index in [2.05, 4.69) is 5.32 Å². The maximum atomic E-state index is 13.0. The predicted octanol–water partition coefficient (Wildman–Crippen LogP) is -1.97. The zero-order chi connectivity index (χ0) is 10.7. The summed E-state index contributed by atoms with van der Waals surface area (Å²) >= 11 is -2.60. The molecule has 0 heterocycles. The Morgan fingerprint density at radius 1 is 1.53 bits per heavy atom. The molecule has 0 aliphatic carbocycles. The normalized spacial score (nSPS) is 11.4. The van der Waals surface area contributed by atoms with Crippen molar-refractivity contribution in [1.82, 2.24) is 0 Å². The Morgan fingerprint density at radius 2 is 2.13 bits per heavy atom. The van der Waals surface area contributed by atoms with Gasteiger partial charge in [-0.05, 0) is 29.3 Å². The van der Waals surface area contributed by atoms with Crippen molar-refractivity contribution in [3.05, 3.63) is 24.0 Å². The molecule has 76 valence electrons. The van der Waals surface area contributed by atoms with Gasteiger partial charge < -0.3 is 9.87 Å². The molecule has 0 aliphatic heterocycles. The summed E-state index contributed by atoms with van der Waals surface area (Å²) in [6.07, 6.45) is 0. The van der Waals surface area contributed by atoms with Crippen LogP contribution in [-0.2, 0) is 15.9 Å². The van der Waals surface area contributed by atoms with E-state index in [1.54, 1.807) is 0 Å². The van der Waals surface area contributed by atoms with Crippen LogP contribution in [0.15, 0.2) is 23.1 Å². The van der Waals surface area contributed by atoms with Gasteiger partial charge in [0.1, 0.15) is 5.82 Å². The number of benzene rings is 1. The third kappa shape index (κ3) is 4.40. The number of halogens is 1. The van der Waals surface area contributed by atoms with E-state index in [1.807, 2.05) is 0 Å². The van der Waals surface area contributed by atoms with E-state index in [9.17, 15) is 17.9 Å². The van der Waals surface area contributed by atoms with E-state index in [4.69, 9.17) is 0 Å². The molecule has 15 heavy (non-hydrogen) atoms. The average molecular weight is 239 g/mol. The summed E-state index contributed by atoms with van der Waals surface area (Å²) in [5.41, 5.74) is 0.226. The maximum Gasteiger partial charge on any atom is 1.00 e. The van der Waals surface area contributed by atoms with Crippen LogP contribution in [0.2, 0.25) is 0 Å². The molecule has 0 aliphatic rings. The van der Waals surface area contributed by atoms with E-state index in [0.29, 0.717) is 0 Å². The van der Waals surface area contributed by atoms with E-state index in [-0.39, 0.29) is 41.2 Å². The summed E-state index contributed by atoms with van der Waals surface area (Å²) in [6, 6.07) is 3.35. The molecule has 1 atom stereocenters. The molecule has 1 N–H and O–H groups in total. The number of nitrogens with one attached hydrogen (secondary N) is 1. The van der Waals surface area contributed by atoms with Crippen LogP contribution in [0.25, 0.3) is 0 Å². The zero-order valence-electron chi connectivity index (χ0n) is 8.24. The summed E-state index contributed by atoms with van der Waals surface area (Å²) < 4.78 is 33.9. The fraction of sp³-hybridized carbons (Fsp3) is 0.125. The van der Waals surface area contributed by atoms with Gasteiger partial charge in [0.15, 0.2) is 0 Å². The predicted molar refractivity (Wildman–Crippen MR) is 47.9 cm³/mol. The van der Waals surface area contributed by atoms with Crippen LogP contribution in [0.1, 0.15) is 6.92 Å². The molecule has 0 fully saturated rings.